The van der Waals surface area contributed by atoms with Crippen molar-refractivity contribution in [3.63, 3.8) is 0 Å². The number of ether oxygens (including phenoxy) is 3. The van der Waals surface area contributed by atoms with Gasteiger partial charge in [0, 0.05) is 21.7 Å². The molecule has 2 N–H and O–H groups in total. The molecule has 4 aliphatic rings. The Morgan fingerprint density at radius 2 is 1.69 bits per heavy atom. The first-order valence-corrected chi connectivity index (χ1v) is 17.9. The first kappa shape index (κ1) is 33.4. The number of H-pyrrole nitrogens is 1. The van der Waals surface area contributed by atoms with Gasteiger partial charge in [-0.15, -0.1) is 11.8 Å². The Kier molecular flexibility index (Phi) is 8.17. The molecule has 4 aromatic rings. The molecule has 2 bridgehead atoms. The Morgan fingerprint density at radius 3 is 2.39 bits per heavy atom. The Hall–Kier alpha value is -4.76. The van der Waals surface area contributed by atoms with Gasteiger partial charge in [0.05, 0.1) is 42.3 Å². The lowest BCUT2D eigenvalue weighted by atomic mass is 9.68. The van der Waals surface area contributed by atoms with E-state index in [1.54, 1.807) is 55.3 Å². The summed E-state index contributed by atoms with van der Waals surface area (Å²) in [4.78, 5) is 58.3. The molecule has 2 saturated carbocycles. The van der Waals surface area contributed by atoms with E-state index in [9.17, 15) is 32.3 Å². The number of nitrogens with one attached hydrogen (secondary N) is 2. The van der Waals surface area contributed by atoms with Gasteiger partial charge in [0.1, 0.15) is 5.75 Å². The summed E-state index contributed by atoms with van der Waals surface area (Å²) in [5.74, 6) is -1.31. The summed E-state index contributed by atoms with van der Waals surface area (Å²) in [6.45, 7) is -0.492. The zero-order chi connectivity index (χ0) is 35.8. The van der Waals surface area contributed by atoms with Crippen LogP contribution >= 0.6 is 23.1 Å². The number of halogens is 3. The van der Waals surface area contributed by atoms with Gasteiger partial charge < -0.3 is 24.5 Å². The molecule has 0 radical (unpaired) electrons. The van der Waals surface area contributed by atoms with Crippen LogP contribution in [-0.4, -0.2) is 48.8 Å². The summed E-state index contributed by atoms with van der Waals surface area (Å²) in [5.41, 5.74) is 0.433. The number of benzene rings is 3. The topological polar surface area (TPSA) is 127 Å². The van der Waals surface area contributed by atoms with Crippen LogP contribution in [0.3, 0.4) is 0 Å². The lowest BCUT2D eigenvalue weighted by Crippen LogP contribution is -2.42. The zero-order valence-electron chi connectivity index (χ0n) is 27.1. The second-order valence-corrected chi connectivity index (χ2v) is 15.2. The Balaban J connectivity index is 1.06. The second-order valence-electron chi connectivity index (χ2n) is 13.0. The van der Waals surface area contributed by atoms with Gasteiger partial charge in [0.25, 0.3) is 5.91 Å². The number of hydrogen-bond donors (Lipinski definition) is 2. The molecule has 7 atom stereocenters. The zero-order valence-corrected chi connectivity index (χ0v) is 28.7. The third-order valence-corrected chi connectivity index (χ3v) is 13.0. The minimum atomic E-state index is -4.55. The number of amides is 3. The monoisotopic (exact) mass is 737 g/mol. The van der Waals surface area contributed by atoms with E-state index in [1.165, 1.54) is 24.1 Å². The van der Waals surface area contributed by atoms with E-state index in [1.807, 2.05) is 6.07 Å². The van der Waals surface area contributed by atoms with E-state index in [0.29, 0.717) is 17.2 Å². The molecular formula is C36H30F3N3O7S2. The smallest absolute Gasteiger partial charge is 0.416 e. The molecule has 0 spiro atoms. The van der Waals surface area contributed by atoms with E-state index < -0.39 is 36.1 Å². The minimum absolute atomic E-state index is 0.0191. The van der Waals surface area contributed by atoms with E-state index in [-0.39, 0.29) is 57.0 Å². The standard InChI is InChI=1S/C36H30F3N3O7S2/c1-47-20-9-7-19(8-10-20)42-33(44)28-21-14-22(29(28)34(42)45)30-27(21)26(31-32(50-30)41-35(46)51-31)16-6-11-23(24(12-16)48-2)49-15-25(43)40-18-5-3-4-17(13-18)36(37,38)39/h3-13,21-22,26-30H,14-15H2,1-2H3,(H,40,43)(H,41,46)/t21?,22?,26-,27?,28?,29?,30?/m1/s1. The maximum absolute atomic E-state index is 14.1. The summed E-state index contributed by atoms with van der Waals surface area (Å²) in [5, 5.41) is 3.16. The lowest BCUT2D eigenvalue weighted by Gasteiger charge is -2.43. The number of rotatable bonds is 8. The first-order valence-electron chi connectivity index (χ1n) is 16.2. The number of aromatic amines is 1. The van der Waals surface area contributed by atoms with Gasteiger partial charge in [-0.1, -0.05) is 23.5 Å². The van der Waals surface area contributed by atoms with Gasteiger partial charge in [0.2, 0.25) is 11.8 Å². The number of thiazole rings is 1. The first-order chi connectivity index (χ1) is 24.5. The van der Waals surface area contributed by atoms with Crippen LogP contribution in [0.1, 0.15) is 28.3 Å². The highest BCUT2D eigenvalue weighted by atomic mass is 32.2. The molecule has 3 heterocycles. The van der Waals surface area contributed by atoms with Crippen molar-refractivity contribution in [1.29, 1.82) is 0 Å². The van der Waals surface area contributed by atoms with Gasteiger partial charge in [0.15, 0.2) is 18.1 Å². The SMILES string of the molecule is COc1ccc(N2C(=O)C3C4CC(C3C2=O)C2C4Sc3[nH]c(=O)sc3[C@@H]2c2ccc(OCC(=O)Nc3cccc(C(F)(F)F)c3)c(OC)c2)cc1. The number of carbonyl (C=O) groups is 3. The highest BCUT2D eigenvalue weighted by molar-refractivity contribution is 8.00. The van der Waals surface area contributed by atoms with Crippen LogP contribution in [-0.2, 0) is 20.6 Å². The minimum Gasteiger partial charge on any atom is -0.497 e. The summed E-state index contributed by atoms with van der Waals surface area (Å²) in [6, 6.07) is 16.5. The Bertz CT molecular complexity index is 2120. The molecule has 10 nitrogen and oxygen atoms in total. The van der Waals surface area contributed by atoms with Gasteiger partial charge in [-0.25, -0.2) is 0 Å². The van der Waals surface area contributed by atoms with Crippen molar-refractivity contribution >= 4 is 52.2 Å². The van der Waals surface area contributed by atoms with Crippen LogP contribution in [0.5, 0.6) is 17.2 Å². The quantitative estimate of drug-likeness (QED) is 0.206. The van der Waals surface area contributed by atoms with E-state index in [0.717, 1.165) is 45.4 Å². The van der Waals surface area contributed by atoms with Crippen molar-refractivity contribution in [3.8, 4) is 17.2 Å². The average molecular weight is 738 g/mol. The predicted octanol–water partition coefficient (Wildman–Crippen LogP) is 6.17. The number of thioether (sulfide) groups is 1. The fourth-order valence-electron chi connectivity index (χ4n) is 8.49. The van der Waals surface area contributed by atoms with Crippen LogP contribution in [0.25, 0.3) is 0 Å². The molecule has 2 aliphatic carbocycles. The van der Waals surface area contributed by atoms with Gasteiger partial charge in [-0.2, -0.15) is 13.2 Å². The summed E-state index contributed by atoms with van der Waals surface area (Å²) < 4.78 is 56.0. The number of alkyl halides is 3. The summed E-state index contributed by atoms with van der Waals surface area (Å²) >= 11 is 2.72. The number of anilines is 2. The molecule has 3 amide bonds. The Morgan fingerprint density at radius 1 is 0.941 bits per heavy atom. The molecule has 1 aromatic heterocycles. The van der Waals surface area contributed by atoms with Crippen molar-refractivity contribution in [3.05, 3.63) is 92.4 Å². The molecule has 3 fully saturated rings. The second kappa shape index (κ2) is 12.5. The average Bonchev–Trinajstić information content (AvgIpc) is 3.85. The lowest BCUT2D eigenvalue weighted by molar-refractivity contribution is -0.137. The van der Waals surface area contributed by atoms with Crippen LogP contribution in [0.2, 0.25) is 0 Å². The highest BCUT2D eigenvalue weighted by Crippen LogP contribution is 2.69. The fourth-order valence-corrected chi connectivity index (χ4v) is 11.4. The molecule has 6 unspecified atom stereocenters. The number of aromatic nitrogens is 1. The number of carbonyl (C=O) groups excluding carboxylic acids is 3. The molecule has 8 rings (SSSR count). The number of methoxy groups -OCH3 is 2. The molecule has 264 valence electrons. The molecule has 15 heteroatoms. The molecule has 3 aromatic carbocycles. The highest BCUT2D eigenvalue weighted by Gasteiger charge is 2.69. The van der Waals surface area contributed by atoms with Gasteiger partial charge in [-0.05, 0) is 84.3 Å². The Labute approximate surface area is 297 Å². The van der Waals surface area contributed by atoms with E-state index >= 15 is 0 Å². The van der Waals surface area contributed by atoms with Crippen molar-refractivity contribution in [2.75, 3.05) is 31.0 Å². The van der Waals surface area contributed by atoms with Crippen LogP contribution in [0.4, 0.5) is 24.5 Å². The van der Waals surface area contributed by atoms with Crippen molar-refractivity contribution < 1.29 is 41.8 Å². The number of imide groups is 1. The third kappa shape index (κ3) is 5.57. The maximum Gasteiger partial charge on any atom is 0.416 e. The van der Waals surface area contributed by atoms with Crippen LogP contribution in [0.15, 0.2) is 76.6 Å². The number of hydrogen-bond acceptors (Lipinski definition) is 9. The normalized spacial score (nSPS) is 26.1. The largest absolute Gasteiger partial charge is 0.497 e. The van der Waals surface area contributed by atoms with Gasteiger partial charge >= 0.3 is 11.0 Å². The van der Waals surface area contributed by atoms with Crippen molar-refractivity contribution in [2.24, 2.45) is 29.6 Å². The predicted molar refractivity (Wildman–Crippen MR) is 183 cm³/mol. The third-order valence-electron chi connectivity index (χ3n) is 10.4. The molecule has 2 aliphatic heterocycles. The van der Waals surface area contributed by atoms with E-state index in [2.05, 4.69) is 10.3 Å². The fraction of sp³-hybridized carbons (Fsp3) is 0.333. The molecule has 51 heavy (non-hydrogen) atoms. The molecule has 1 saturated heterocycles. The summed E-state index contributed by atoms with van der Waals surface area (Å²) in [7, 11) is 3.00. The van der Waals surface area contributed by atoms with Crippen LogP contribution in [0, 0.1) is 29.6 Å². The summed E-state index contributed by atoms with van der Waals surface area (Å²) in [6.07, 6.45) is -3.83. The number of nitrogens with zero attached hydrogens (tertiary/aromatic N) is 1. The van der Waals surface area contributed by atoms with Crippen molar-refractivity contribution in [1.82, 2.24) is 4.98 Å². The maximum atomic E-state index is 14.1. The van der Waals surface area contributed by atoms with Crippen molar-refractivity contribution in [2.45, 2.75) is 28.8 Å². The number of fused-ring (bicyclic) bond motifs is 9. The van der Waals surface area contributed by atoms with Gasteiger partial charge in [-0.3, -0.25) is 24.1 Å². The van der Waals surface area contributed by atoms with E-state index in [4.69, 9.17) is 14.2 Å². The van der Waals surface area contributed by atoms with Crippen LogP contribution < -0.4 is 29.3 Å². The molecular weight excluding hydrogens is 708 g/mol.